The Hall–Kier alpha value is -2.38. The van der Waals surface area contributed by atoms with Crippen LogP contribution in [0.4, 0.5) is 17.6 Å². The van der Waals surface area contributed by atoms with Crippen molar-refractivity contribution in [3.05, 3.63) is 47.5 Å². The Kier molecular flexibility index (Phi) is 4.48. The molecule has 0 radical (unpaired) electrons. The standard InChI is InChI=1S/C14H13F4N3O/c1-2-12-11(13(22)19-8-14(16,17)18)7-20-21(12)10-5-3-9(15)4-6-10/h3-7H,2,8H2,1H3,(H,19,22). The van der Waals surface area contributed by atoms with Crippen molar-refractivity contribution >= 4 is 5.91 Å². The maximum atomic E-state index is 12.9. The molecule has 0 aliphatic rings. The van der Waals surface area contributed by atoms with E-state index in [1.54, 1.807) is 6.92 Å². The number of nitrogens with one attached hydrogen (secondary N) is 1. The molecule has 118 valence electrons. The highest BCUT2D eigenvalue weighted by Crippen LogP contribution is 2.17. The lowest BCUT2D eigenvalue weighted by Crippen LogP contribution is -2.34. The Morgan fingerprint density at radius 2 is 1.91 bits per heavy atom. The third-order valence-corrected chi connectivity index (χ3v) is 2.97. The number of hydrogen-bond acceptors (Lipinski definition) is 2. The number of alkyl halides is 3. The van der Waals surface area contributed by atoms with Gasteiger partial charge in [0.2, 0.25) is 0 Å². The fourth-order valence-electron chi connectivity index (χ4n) is 1.98. The predicted molar refractivity (Wildman–Crippen MR) is 71.3 cm³/mol. The molecule has 8 heteroatoms. The molecule has 0 atom stereocenters. The first-order valence-corrected chi connectivity index (χ1v) is 6.49. The van der Waals surface area contributed by atoms with Crippen molar-refractivity contribution < 1.29 is 22.4 Å². The van der Waals surface area contributed by atoms with Gasteiger partial charge < -0.3 is 5.32 Å². The van der Waals surface area contributed by atoms with Crippen molar-refractivity contribution in [3.8, 4) is 5.69 Å². The zero-order valence-corrected chi connectivity index (χ0v) is 11.6. The van der Waals surface area contributed by atoms with Crippen LogP contribution < -0.4 is 5.32 Å². The Labute approximate surface area is 123 Å². The highest BCUT2D eigenvalue weighted by Gasteiger charge is 2.28. The van der Waals surface area contributed by atoms with E-state index < -0.39 is 24.4 Å². The van der Waals surface area contributed by atoms with Crippen molar-refractivity contribution in [3.63, 3.8) is 0 Å². The van der Waals surface area contributed by atoms with Gasteiger partial charge in [-0.25, -0.2) is 9.07 Å². The molecular weight excluding hydrogens is 302 g/mol. The topological polar surface area (TPSA) is 46.9 Å². The summed E-state index contributed by atoms with van der Waals surface area (Å²) in [5.41, 5.74) is 1.04. The normalized spacial score (nSPS) is 11.5. The summed E-state index contributed by atoms with van der Waals surface area (Å²) in [6.07, 6.45) is -2.89. The van der Waals surface area contributed by atoms with E-state index in [1.807, 2.05) is 5.32 Å². The number of carbonyl (C=O) groups is 1. The summed E-state index contributed by atoms with van der Waals surface area (Å²) in [5.74, 6) is -1.26. The van der Waals surface area contributed by atoms with Gasteiger partial charge in [-0.05, 0) is 30.7 Å². The first kappa shape index (κ1) is 16.0. The third-order valence-electron chi connectivity index (χ3n) is 2.97. The predicted octanol–water partition coefficient (Wildman–Crippen LogP) is 2.87. The van der Waals surface area contributed by atoms with Crippen LogP contribution in [0.25, 0.3) is 5.69 Å². The van der Waals surface area contributed by atoms with Gasteiger partial charge >= 0.3 is 6.18 Å². The zero-order chi connectivity index (χ0) is 16.3. The Bertz CT molecular complexity index is 662. The first-order chi connectivity index (χ1) is 10.3. The molecule has 0 bridgehead atoms. The second kappa shape index (κ2) is 6.17. The molecule has 0 aliphatic heterocycles. The quantitative estimate of drug-likeness (QED) is 0.882. The van der Waals surface area contributed by atoms with Gasteiger partial charge in [0.25, 0.3) is 5.91 Å². The Balaban J connectivity index is 2.27. The van der Waals surface area contributed by atoms with E-state index in [2.05, 4.69) is 5.10 Å². The van der Waals surface area contributed by atoms with E-state index >= 15 is 0 Å². The maximum absolute atomic E-state index is 12.9. The lowest BCUT2D eigenvalue weighted by atomic mass is 10.2. The number of halogens is 4. The summed E-state index contributed by atoms with van der Waals surface area (Å²) < 4.78 is 50.8. The molecule has 1 N–H and O–H groups in total. The van der Waals surface area contributed by atoms with Crippen molar-refractivity contribution in [1.29, 1.82) is 0 Å². The van der Waals surface area contributed by atoms with E-state index in [-0.39, 0.29) is 5.56 Å². The number of rotatable bonds is 4. The van der Waals surface area contributed by atoms with Crippen molar-refractivity contribution in [2.75, 3.05) is 6.54 Å². The van der Waals surface area contributed by atoms with Gasteiger partial charge in [0.15, 0.2) is 0 Å². The van der Waals surface area contributed by atoms with Crippen LogP contribution in [0.5, 0.6) is 0 Å². The molecule has 1 aromatic carbocycles. The van der Waals surface area contributed by atoms with Gasteiger partial charge in [-0.3, -0.25) is 4.79 Å². The van der Waals surface area contributed by atoms with Gasteiger partial charge in [0.1, 0.15) is 12.4 Å². The van der Waals surface area contributed by atoms with Crippen LogP contribution in [0.3, 0.4) is 0 Å². The largest absolute Gasteiger partial charge is 0.405 e. The molecular formula is C14H13F4N3O. The fourth-order valence-corrected chi connectivity index (χ4v) is 1.98. The molecule has 1 aromatic heterocycles. The van der Waals surface area contributed by atoms with Crippen LogP contribution >= 0.6 is 0 Å². The van der Waals surface area contributed by atoms with Crippen molar-refractivity contribution in [1.82, 2.24) is 15.1 Å². The second-order valence-electron chi connectivity index (χ2n) is 4.54. The maximum Gasteiger partial charge on any atom is 0.405 e. The molecule has 1 heterocycles. The summed E-state index contributed by atoms with van der Waals surface area (Å²) in [6, 6.07) is 5.41. The van der Waals surface area contributed by atoms with E-state index in [9.17, 15) is 22.4 Å². The smallest absolute Gasteiger partial charge is 0.343 e. The summed E-state index contributed by atoms with van der Waals surface area (Å²) >= 11 is 0. The third kappa shape index (κ3) is 3.63. The van der Waals surface area contributed by atoms with E-state index in [1.165, 1.54) is 35.1 Å². The van der Waals surface area contributed by atoms with Gasteiger partial charge in [0, 0.05) is 0 Å². The lowest BCUT2D eigenvalue weighted by molar-refractivity contribution is -0.123. The van der Waals surface area contributed by atoms with Crippen LogP contribution in [0.2, 0.25) is 0 Å². The Morgan fingerprint density at radius 3 is 2.45 bits per heavy atom. The molecule has 22 heavy (non-hydrogen) atoms. The highest BCUT2D eigenvalue weighted by atomic mass is 19.4. The summed E-state index contributed by atoms with van der Waals surface area (Å²) in [5, 5.41) is 5.81. The number of amides is 1. The van der Waals surface area contributed by atoms with E-state index in [0.29, 0.717) is 17.8 Å². The van der Waals surface area contributed by atoms with Crippen molar-refractivity contribution in [2.45, 2.75) is 19.5 Å². The lowest BCUT2D eigenvalue weighted by Gasteiger charge is -2.10. The fraction of sp³-hybridized carbons (Fsp3) is 0.286. The molecule has 0 aliphatic carbocycles. The van der Waals surface area contributed by atoms with Gasteiger partial charge in [-0.1, -0.05) is 6.92 Å². The Morgan fingerprint density at radius 1 is 1.27 bits per heavy atom. The molecule has 2 aromatic rings. The van der Waals surface area contributed by atoms with Gasteiger partial charge in [-0.2, -0.15) is 18.3 Å². The molecule has 0 saturated carbocycles. The minimum atomic E-state index is -4.48. The van der Waals surface area contributed by atoms with E-state index in [4.69, 9.17) is 0 Å². The molecule has 0 unspecified atom stereocenters. The minimum Gasteiger partial charge on any atom is -0.343 e. The van der Waals surface area contributed by atoms with E-state index in [0.717, 1.165) is 0 Å². The number of benzene rings is 1. The summed E-state index contributed by atoms with van der Waals surface area (Å²) in [7, 11) is 0. The SMILES string of the molecule is CCc1c(C(=O)NCC(F)(F)F)cnn1-c1ccc(F)cc1. The summed E-state index contributed by atoms with van der Waals surface area (Å²) in [6.45, 7) is 0.342. The molecule has 0 saturated heterocycles. The van der Waals surface area contributed by atoms with Crippen LogP contribution in [0.1, 0.15) is 23.0 Å². The minimum absolute atomic E-state index is 0.0658. The summed E-state index contributed by atoms with van der Waals surface area (Å²) in [4.78, 5) is 11.8. The molecule has 2 rings (SSSR count). The zero-order valence-electron chi connectivity index (χ0n) is 11.6. The number of aromatic nitrogens is 2. The molecule has 4 nitrogen and oxygen atoms in total. The van der Waals surface area contributed by atoms with Crippen LogP contribution in [-0.2, 0) is 6.42 Å². The molecule has 0 spiro atoms. The van der Waals surface area contributed by atoms with Gasteiger partial charge in [-0.15, -0.1) is 0 Å². The second-order valence-corrected chi connectivity index (χ2v) is 4.54. The number of carbonyl (C=O) groups excluding carboxylic acids is 1. The number of hydrogen-bond donors (Lipinski definition) is 1. The van der Waals surface area contributed by atoms with Crippen LogP contribution in [0.15, 0.2) is 30.5 Å². The average Bonchev–Trinajstić information content (AvgIpc) is 2.88. The van der Waals surface area contributed by atoms with Gasteiger partial charge in [0.05, 0.1) is 23.1 Å². The van der Waals surface area contributed by atoms with Crippen molar-refractivity contribution in [2.24, 2.45) is 0 Å². The monoisotopic (exact) mass is 315 g/mol. The number of nitrogens with zero attached hydrogens (tertiary/aromatic N) is 2. The van der Waals surface area contributed by atoms with Crippen LogP contribution in [-0.4, -0.2) is 28.4 Å². The first-order valence-electron chi connectivity index (χ1n) is 6.49. The van der Waals surface area contributed by atoms with Crippen LogP contribution in [0, 0.1) is 5.82 Å². The average molecular weight is 315 g/mol. The molecule has 0 fully saturated rings. The molecule has 1 amide bonds. The highest BCUT2D eigenvalue weighted by molar-refractivity contribution is 5.95.